The maximum absolute atomic E-state index is 13.0. The fourth-order valence-electron chi connectivity index (χ4n) is 3.92. The fraction of sp³-hybridized carbons (Fsp3) is 0.333. The maximum atomic E-state index is 13.0. The van der Waals surface area contributed by atoms with E-state index in [1.807, 2.05) is 20.8 Å². The van der Waals surface area contributed by atoms with Crippen molar-refractivity contribution in [3.63, 3.8) is 0 Å². The molecule has 1 aromatic heterocycles. The minimum Gasteiger partial charge on any atom is -0.383 e. The molecule has 2 atom stereocenters. The average molecular weight is 595 g/mol. The van der Waals surface area contributed by atoms with Crippen LogP contribution in [0.5, 0.6) is 0 Å². The molecular formula is C27H28Cl2F3N7O. The van der Waals surface area contributed by atoms with Gasteiger partial charge in [-0.3, -0.25) is 9.99 Å². The van der Waals surface area contributed by atoms with Gasteiger partial charge in [-0.05, 0) is 29.2 Å². The van der Waals surface area contributed by atoms with E-state index >= 15 is 0 Å². The molecule has 1 unspecified atom stereocenters. The molecule has 4 rings (SSSR count). The number of anilines is 2. The highest BCUT2D eigenvalue weighted by Gasteiger charge is 2.40. The van der Waals surface area contributed by atoms with E-state index in [0.717, 1.165) is 5.01 Å². The first-order valence-electron chi connectivity index (χ1n) is 12.7. The summed E-state index contributed by atoms with van der Waals surface area (Å²) in [6.07, 6.45) is -4.77. The molecule has 13 heteroatoms. The number of aromatic nitrogens is 1. The highest BCUT2D eigenvalue weighted by Crippen LogP contribution is 2.37. The van der Waals surface area contributed by atoms with Crippen molar-refractivity contribution >= 4 is 45.5 Å². The van der Waals surface area contributed by atoms with Crippen molar-refractivity contribution in [2.75, 3.05) is 23.7 Å². The normalized spacial score (nSPS) is 16.4. The van der Waals surface area contributed by atoms with Crippen molar-refractivity contribution in [1.82, 2.24) is 21.0 Å². The Hall–Kier alpha value is -3.43. The van der Waals surface area contributed by atoms with Crippen LogP contribution in [0.4, 0.5) is 24.5 Å². The van der Waals surface area contributed by atoms with Gasteiger partial charge in [0.05, 0.1) is 41.4 Å². The number of aliphatic hydroxyl groups excluding tert-OH is 1. The predicted octanol–water partition coefficient (Wildman–Crippen LogP) is 6.11. The van der Waals surface area contributed by atoms with E-state index in [0.29, 0.717) is 34.4 Å². The first-order valence-corrected chi connectivity index (χ1v) is 12.9. The zero-order valence-corrected chi connectivity index (χ0v) is 23.3. The molecule has 1 aliphatic rings. The van der Waals surface area contributed by atoms with Crippen molar-refractivity contribution < 1.29 is 19.6 Å². The van der Waals surface area contributed by atoms with Crippen LogP contribution in [0.3, 0.4) is 0 Å². The summed E-state index contributed by atoms with van der Waals surface area (Å²) in [4.78, 5) is 4.36. The molecule has 5 N–H and O–H groups in total. The molecule has 0 radical (unpaired) electrons. The van der Waals surface area contributed by atoms with E-state index in [1.54, 1.807) is 36.4 Å². The number of hydrogen-bond acceptors (Lipinski definition) is 8. The molecule has 0 spiro atoms. The van der Waals surface area contributed by atoms with Crippen molar-refractivity contribution in [3.05, 3.63) is 75.7 Å². The second kappa shape index (κ2) is 11.6. The molecule has 1 aliphatic heterocycles. The van der Waals surface area contributed by atoms with Gasteiger partial charge in [-0.1, -0.05) is 62.2 Å². The SMILES string of the molecule is [2H][C@](Nc1cc(Cl)c2ncc(C#N)c(NCC(C)(C)C)c2c1)(C1=CN(CC(O)C(F)(F)F)NN1)c1ccccc1Cl. The lowest BCUT2D eigenvalue weighted by Crippen LogP contribution is -2.45. The molecule has 0 saturated heterocycles. The number of alkyl halides is 3. The topological polar surface area (TPSA) is 108 Å². The maximum Gasteiger partial charge on any atom is 0.416 e. The second-order valence-corrected chi connectivity index (χ2v) is 11.2. The Kier molecular flexibility index (Phi) is 8.14. The van der Waals surface area contributed by atoms with Crippen molar-refractivity contribution in [2.45, 2.75) is 39.1 Å². The lowest BCUT2D eigenvalue weighted by atomic mass is 9.96. The lowest BCUT2D eigenvalue weighted by molar-refractivity contribution is -0.208. The van der Waals surface area contributed by atoms with Crippen LogP contribution in [-0.2, 0) is 0 Å². The second-order valence-electron chi connectivity index (χ2n) is 10.4. The zero-order valence-electron chi connectivity index (χ0n) is 22.8. The van der Waals surface area contributed by atoms with Crippen LogP contribution >= 0.6 is 23.2 Å². The van der Waals surface area contributed by atoms with Gasteiger partial charge in [-0.15, -0.1) is 5.53 Å². The number of fused-ring (bicyclic) bond motifs is 1. The number of hydrogen-bond donors (Lipinski definition) is 5. The number of nitriles is 1. The van der Waals surface area contributed by atoms with Gasteiger partial charge < -0.3 is 21.2 Å². The fourth-order valence-corrected chi connectivity index (χ4v) is 4.41. The third-order valence-electron chi connectivity index (χ3n) is 5.89. The molecular weight excluding hydrogens is 566 g/mol. The Labute approximate surface area is 241 Å². The van der Waals surface area contributed by atoms with Gasteiger partial charge in [0, 0.05) is 35.0 Å². The van der Waals surface area contributed by atoms with Gasteiger partial charge in [0.15, 0.2) is 6.10 Å². The van der Waals surface area contributed by atoms with E-state index < -0.39 is 24.8 Å². The lowest BCUT2D eigenvalue weighted by Gasteiger charge is -2.24. The first kappa shape index (κ1) is 28.1. The Morgan fingerprint density at radius 2 is 1.93 bits per heavy atom. The minimum absolute atomic E-state index is 0.0891. The predicted molar refractivity (Wildman–Crippen MR) is 150 cm³/mol. The Balaban J connectivity index is 1.80. The molecule has 8 nitrogen and oxygen atoms in total. The molecule has 212 valence electrons. The number of pyridine rings is 1. The molecule has 0 aliphatic carbocycles. The van der Waals surface area contributed by atoms with Gasteiger partial charge in [0.1, 0.15) is 6.07 Å². The monoisotopic (exact) mass is 594 g/mol. The third-order valence-corrected chi connectivity index (χ3v) is 6.51. The Morgan fingerprint density at radius 1 is 1.20 bits per heavy atom. The number of halogens is 5. The van der Waals surface area contributed by atoms with Gasteiger partial charge in [-0.2, -0.15) is 18.4 Å². The molecule has 2 aromatic carbocycles. The summed E-state index contributed by atoms with van der Waals surface area (Å²) in [6.45, 7) is 5.84. The summed E-state index contributed by atoms with van der Waals surface area (Å²) in [7, 11) is 0. The Morgan fingerprint density at radius 3 is 2.58 bits per heavy atom. The summed E-state index contributed by atoms with van der Waals surface area (Å²) in [6, 6.07) is 10.1. The van der Waals surface area contributed by atoms with Crippen LogP contribution in [0, 0.1) is 16.7 Å². The van der Waals surface area contributed by atoms with Crippen molar-refractivity contribution in [1.29, 1.82) is 5.26 Å². The van der Waals surface area contributed by atoms with Crippen LogP contribution in [-0.4, -0.2) is 40.5 Å². The van der Waals surface area contributed by atoms with Crippen LogP contribution in [0.1, 0.15) is 39.3 Å². The number of rotatable bonds is 8. The van der Waals surface area contributed by atoms with E-state index in [-0.39, 0.29) is 26.7 Å². The molecule has 40 heavy (non-hydrogen) atoms. The molecule has 0 saturated carbocycles. The quantitative estimate of drug-likeness (QED) is 0.212. The smallest absolute Gasteiger partial charge is 0.383 e. The molecule has 2 heterocycles. The summed E-state index contributed by atoms with van der Waals surface area (Å²) >= 11 is 13.1. The number of hydrazine groups is 2. The number of nitrogens with one attached hydrogen (secondary N) is 4. The first-order chi connectivity index (χ1) is 19.1. The highest BCUT2D eigenvalue weighted by molar-refractivity contribution is 6.36. The summed E-state index contributed by atoms with van der Waals surface area (Å²) < 4.78 is 48.4. The van der Waals surface area contributed by atoms with Crippen molar-refractivity contribution in [3.8, 4) is 6.07 Å². The summed E-state index contributed by atoms with van der Waals surface area (Å²) in [5, 5.41) is 27.7. The number of β-amino-alcohol motifs (C(OH)–C–C–N with tert-alkyl or cyclic N) is 1. The van der Waals surface area contributed by atoms with Gasteiger partial charge in [-0.25, -0.2) is 0 Å². The van der Waals surface area contributed by atoms with Crippen molar-refractivity contribution in [2.24, 2.45) is 5.41 Å². The van der Waals surface area contributed by atoms with Crippen LogP contribution < -0.4 is 21.6 Å². The Bertz CT molecular complexity index is 1520. The molecule has 0 fully saturated rings. The third kappa shape index (κ3) is 6.82. The average Bonchev–Trinajstić information content (AvgIpc) is 3.35. The van der Waals surface area contributed by atoms with Gasteiger partial charge in [0.2, 0.25) is 0 Å². The number of nitrogens with zero attached hydrogens (tertiary/aromatic N) is 3. The van der Waals surface area contributed by atoms with E-state index in [2.05, 4.69) is 32.6 Å². The van der Waals surface area contributed by atoms with Gasteiger partial charge in [0.25, 0.3) is 0 Å². The molecule has 0 amide bonds. The molecule has 3 aromatic rings. The largest absolute Gasteiger partial charge is 0.416 e. The number of aliphatic hydroxyl groups is 1. The van der Waals surface area contributed by atoms with Gasteiger partial charge >= 0.3 is 6.18 Å². The van der Waals surface area contributed by atoms with Crippen LogP contribution in [0.2, 0.25) is 10.0 Å². The van der Waals surface area contributed by atoms with Crippen LogP contribution in [0.25, 0.3) is 10.9 Å². The zero-order chi connectivity index (χ0) is 30.2. The highest BCUT2D eigenvalue weighted by atomic mass is 35.5. The van der Waals surface area contributed by atoms with E-state index in [4.69, 9.17) is 23.2 Å². The summed E-state index contributed by atoms with van der Waals surface area (Å²) in [5.41, 5.74) is 7.14. The van der Waals surface area contributed by atoms with Crippen LogP contribution in [0.15, 0.2) is 54.5 Å². The minimum atomic E-state index is -4.83. The van der Waals surface area contributed by atoms with E-state index in [1.165, 1.54) is 12.4 Å². The standard InChI is InChI=1S/C27H28Cl2F3N7O/c1-26(2,3)14-35-23-15(10-33)11-34-24-18(23)8-16(9-20(24)29)36-25(17-6-4-5-7-19(17)28)21-12-39(38-37-21)13-22(40)27(30,31)32/h4-9,11-12,22,25,36-38,40H,13-14H2,1-3H3,(H,34,35)/t22?,25-/m1/s1/i25D. The number of benzene rings is 2. The summed E-state index contributed by atoms with van der Waals surface area (Å²) in [5.74, 6) is 0. The molecule has 0 bridgehead atoms. The van der Waals surface area contributed by atoms with E-state index in [9.17, 15) is 24.9 Å².